The Morgan fingerprint density at radius 2 is 1.45 bits per heavy atom. The molecule has 0 fully saturated rings. The fraction of sp³-hybridized carbons (Fsp3) is 0.400. The summed E-state index contributed by atoms with van der Waals surface area (Å²) in [4.78, 5) is 38.0. The van der Waals surface area contributed by atoms with Crippen molar-refractivity contribution in [2.45, 2.75) is 57.4 Å². The molecule has 4 rings (SSSR count). The number of hydrogen-bond acceptors (Lipinski definition) is 6. The molecule has 2 amide bonds. The number of benzene rings is 3. The summed E-state index contributed by atoms with van der Waals surface area (Å²) in [5, 5.41) is 5.33. The van der Waals surface area contributed by atoms with Crippen molar-refractivity contribution in [1.82, 2.24) is 10.6 Å². The normalized spacial score (nSPS) is 14.4. The molecule has 0 bridgehead atoms. The summed E-state index contributed by atoms with van der Waals surface area (Å²) in [6, 6.07) is 23.1. The maximum Gasteiger partial charge on any atom is 0.407 e. The number of ether oxygens (including phenoxy) is 3. The number of fused-ring (bicyclic) bond motifs is 3. The van der Waals surface area contributed by atoms with Crippen LogP contribution in [0, 0.1) is 5.92 Å². The minimum absolute atomic E-state index is 0.0199. The first-order valence-corrected chi connectivity index (χ1v) is 18.8. The van der Waals surface area contributed by atoms with Gasteiger partial charge in [0.05, 0.1) is 14.7 Å². The second kappa shape index (κ2) is 14.6. The van der Waals surface area contributed by atoms with Crippen LogP contribution in [0.4, 0.5) is 4.79 Å². The first kappa shape index (κ1) is 32.8. The van der Waals surface area contributed by atoms with Crippen LogP contribution in [0.25, 0.3) is 11.1 Å². The molecular weight excluding hydrogens is 572 g/mol. The van der Waals surface area contributed by atoms with E-state index < -0.39 is 26.2 Å². The van der Waals surface area contributed by atoms with Crippen molar-refractivity contribution in [3.8, 4) is 16.9 Å². The molecule has 3 atom stereocenters. The molecule has 44 heavy (non-hydrogen) atoms. The number of nitrogens with one attached hydrogen (secondary N) is 2. The largest absolute Gasteiger partial charge is 0.484 e. The molecule has 2 N–H and O–H groups in total. The number of carbonyl (C=O) groups excluding carboxylic acids is 3. The lowest BCUT2D eigenvalue weighted by Crippen LogP contribution is -2.47. The minimum Gasteiger partial charge on any atom is -0.484 e. The van der Waals surface area contributed by atoms with Crippen LogP contribution in [0.3, 0.4) is 0 Å². The van der Waals surface area contributed by atoms with Crippen LogP contribution in [0.15, 0.2) is 72.8 Å². The standard InChI is InChI=1S/C35H44N2O6Si/c1-7-23(2)33(37-35(40)43-20-30-28-14-10-8-12-26(28)27-13-9-11-15-29(27)30)34(39)42-21-31(44(4,5)6)24-16-18-25(19-17-24)41-22-32(38)36-3/h8-19,23,30-31,33H,7,20-22H2,1-6H3,(H,36,38)(H,37,40)/t23-,31?,33-/m0/s1. The van der Waals surface area contributed by atoms with E-state index in [2.05, 4.69) is 54.5 Å². The Kier molecular flexibility index (Phi) is 10.9. The van der Waals surface area contributed by atoms with Gasteiger partial charge in [-0.2, -0.15) is 0 Å². The second-order valence-corrected chi connectivity index (χ2v) is 17.8. The van der Waals surface area contributed by atoms with E-state index in [0.29, 0.717) is 12.2 Å². The summed E-state index contributed by atoms with van der Waals surface area (Å²) in [6.07, 6.45) is 0.0430. The van der Waals surface area contributed by atoms with Crippen molar-refractivity contribution in [3.63, 3.8) is 0 Å². The zero-order chi connectivity index (χ0) is 31.9. The lowest BCUT2D eigenvalue weighted by molar-refractivity contribution is -0.147. The number of likely N-dealkylation sites (N-methyl/N-ethyl adjacent to an activating group) is 1. The van der Waals surface area contributed by atoms with Gasteiger partial charge in [0.1, 0.15) is 18.4 Å². The van der Waals surface area contributed by atoms with E-state index in [-0.39, 0.29) is 43.1 Å². The lowest BCUT2D eigenvalue weighted by Gasteiger charge is -2.30. The Morgan fingerprint density at radius 1 is 0.864 bits per heavy atom. The molecule has 0 heterocycles. The predicted octanol–water partition coefficient (Wildman–Crippen LogP) is 6.27. The van der Waals surface area contributed by atoms with Gasteiger partial charge in [-0.25, -0.2) is 9.59 Å². The SMILES string of the molecule is CC[C@H](C)[C@H](NC(=O)OCC1c2ccccc2-c2ccccc21)C(=O)OCC(c1ccc(OCC(=O)NC)cc1)[Si](C)(C)C. The molecule has 0 aromatic heterocycles. The van der Waals surface area contributed by atoms with Crippen molar-refractivity contribution < 1.29 is 28.6 Å². The number of esters is 1. The minimum atomic E-state index is -1.84. The zero-order valence-electron chi connectivity index (χ0n) is 26.5. The molecule has 0 radical (unpaired) electrons. The van der Waals surface area contributed by atoms with E-state index in [1.807, 2.05) is 62.4 Å². The Balaban J connectivity index is 1.39. The molecule has 8 nitrogen and oxygen atoms in total. The van der Waals surface area contributed by atoms with E-state index in [4.69, 9.17) is 14.2 Å². The molecule has 0 aliphatic heterocycles. The Labute approximate surface area is 261 Å². The molecular formula is C35H44N2O6Si. The highest BCUT2D eigenvalue weighted by Crippen LogP contribution is 2.44. The van der Waals surface area contributed by atoms with Gasteiger partial charge in [0.2, 0.25) is 0 Å². The third-order valence-corrected chi connectivity index (χ3v) is 11.0. The quantitative estimate of drug-likeness (QED) is 0.173. The van der Waals surface area contributed by atoms with Crippen molar-refractivity contribution >= 4 is 26.0 Å². The molecule has 0 saturated heterocycles. The molecule has 0 spiro atoms. The van der Waals surface area contributed by atoms with E-state index >= 15 is 0 Å². The first-order chi connectivity index (χ1) is 21.0. The Hall–Kier alpha value is -4.11. The van der Waals surface area contributed by atoms with Crippen LogP contribution in [-0.4, -0.2) is 59.0 Å². The summed E-state index contributed by atoms with van der Waals surface area (Å²) in [6.45, 7) is 10.9. The number of rotatable bonds is 13. The number of alkyl carbamates (subject to hydrolysis) is 1. The van der Waals surface area contributed by atoms with Gasteiger partial charge < -0.3 is 24.8 Å². The highest BCUT2D eigenvalue weighted by molar-refractivity contribution is 6.77. The summed E-state index contributed by atoms with van der Waals surface area (Å²) in [5.41, 5.74) is 5.62. The van der Waals surface area contributed by atoms with Gasteiger partial charge in [-0.1, -0.05) is 101 Å². The van der Waals surface area contributed by atoms with Gasteiger partial charge in [-0.3, -0.25) is 4.79 Å². The third-order valence-electron chi connectivity index (χ3n) is 8.45. The lowest BCUT2D eigenvalue weighted by atomic mass is 9.98. The molecule has 0 saturated carbocycles. The van der Waals surface area contributed by atoms with Crippen LogP contribution < -0.4 is 15.4 Å². The Bertz CT molecular complexity index is 1410. The first-order valence-electron chi connectivity index (χ1n) is 15.2. The molecule has 3 aromatic carbocycles. The van der Waals surface area contributed by atoms with Crippen LogP contribution in [0.2, 0.25) is 19.6 Å². The summed E-state index contributed by atoms with van der Waals surface area (Å²) in [7, 11) is -0.273. The van der Waals surface area contributed by atoms with E-state index in [9.17, 15) is 14.4 Å². The van der Waals surface area contributed by atoms with Crippen LogP contribution in [-0.2, 0) is 19.1 Å². The third kappa shape index (κ3) is 7.88. The van der Waals surface area contributed by atoms with Crippen LogP contribution in [0.5, 0.6) is 5.75 Å². The maximum absolute atomic E-state index is 13.4. The van der Waals surface area contributed by atoms with Gasteiger partial charge >= 0.3 is 12.1 Å². The predicted molar refractivity (Wildman–Crippen MR) is 174 cm³/mol. The fourth-order valence-corrected chi connectivity index (χ4v) is 7.33. The van der Waals surface area contributed by atoms with Crippen LogP contribution >= 0.6 is 0 Å². The monoisotopic (exact) mass is 616 g/mol. The maximum atomic E-state index is 13.4. The number of carbonyl (C=O) groups is 3. The summed E-state index contributed by atoms with van der Waals surface area (Å²) in [5.74, 6) is -0.303. The van der Waals surface area contributed by atoms with Gasteiger partial charge in [-0.05, 0) is 45.9 Å². The van der Waals surface area contributed by atoms with E-state index in [1.165, 1.54) is 0 Å². The van der Waals surface area contributed by atoms with Crippen LogP contribution in [0.1, 0.15) is 48.4 Å². The zero-order valence-corrected chi connectivity index (χ0v) is 27.5. The summed E-state index contributed by atoms with van der Waals surface area (Å²) >= 11 is 0. The van der Waals surface area contributed by atoms with E-state index in [1.54, 1.807) is 7.05 Å². The second-order valence-electron chi connectivity index (χ2n) is 12.4. The van der Waals surface area contributed by atoms with Crippen molar-refractivity contribution in [1.29, 1.82) is 0 Å². The molecule has 234 valence electrons. The van der Waals surface area contributed by atoms with Gasteiger partial charge in [0.25, 0.3) is 5.91 Å². The summed E-state index contributed by atoms with van der Waals surface area (Å²) < 4.78 is 17.2. The fourth-order valence-electron chi connectivity index (χ4n) is 5.56. The van der Waals surface area contributed by atoms with Crippen molar-refractivity contribution in [2.75, 3.05) is 26.9 Å². The molecule has 3 aromatic rings. The molecule has 1 unspecified atom stereocenters. The smallest absolute Gasteiger partial charge is 0.407 e. The number of amides is 2. The highest BCUT2D eigenvalue weighted by atomic mass is 28.3. The Morgan fingerprint density at radius 3 is 2.00 bits per heavy atom. The molecule has 1 aliphatic carbocycles. The van der Waals surface area contributed by atoms with Crippen molar-refractivity contribution in [3.05, 3.63) is 89.5 Å². The topological polar surface area (TPSA) is 103 Å². The van der Waals surface area contributed by atoms with Crippen molar-refractivity contribution in [2.24, 2.45) is 5.92 Å². The molecule has 1 aliphatic rings. The van der Waals surface area contributed by atoms with E-state index in [0.717, 1.165) is 27.8 Å². The average molecular weight is 617 g/mol. The highest BCUT2D eigenvalue weighted by Gasteiger charge is 2.34. The number of hydrogen-bond donors (Lipinski definition) is 2. The molecule has 9 heteroatoms. The average Bonchev–Trinajstić information content (AvgIpc) is 3.34. The van der Waals surface area contributed by atoms with Gasteiger partial charge in [0.15, 0.2) is 6.61 Å². The van der Waals surface area contributed by atoms with Gasteiger partial charge in [-0.15, -0.1) is 0 Å². The van der Waals surface area contributed by atoms with Gasteiger partial charge in [0, 0.05) is 18.5 Å².